The number of nitrogens with two attached hydrogens (primary N) is 1. The average molecular weight is 306 g/mol. The zero-order chi connectivity index (χ0) is 15.4. The Labute approximate surface area is 128 Å². The normalized spacial score (nSPS) is 11.8. The van der Waals surface area contributed by atoms with Gasteiger partial charge in [0, 0.05) is 5.02 Å². The molecule has 1 aromatic heterocycles. The lowest BCUT2D eigenvalue weighted by Gasteiger charge is -2.15. The minimum absolute atomic E-state index is 0.296. The molecule has 2 rings (SSSR count). The van der Waals surface area contributed by atoms with Crippen LogP contribution in [0.15, 0.2) is 36.5 Å². The third kappa shape index (κ3) is 4.10. The molecule has 0 bridgehead atoms. The van der Waals surface area contributed by atoms with Gasteiger partial charge in [-0.25, -0.2) is 4.98 Å². The van der Waals surface area contributed by atoms with Crippen molar-refractivity contribution in [3.05, 3.63) is 47.1 Å². The second-order valence-corrected chi connectivity index (χ2v) is 5.08. The first kappa shape index (κ1) is 15.1. The van der Waals surface area contributed by atoms with Crippen LogP contribution in [0.4, 0.5) is 11.5 Å². The summed E-state index contributed by atoms with van der Waals surface area (Å²) in [4.78, 5) is 16.2. The van der Waals surface area contributed by atoms with Gasteiger partial charge >= 0.3 is 0 Å². The fourth-order valence-electron chi connectivity index (χ4n) is 1.74. The summed E-state index contributed by atoms with van der Waals surface area (Å²) in [5.41, 5.74) is 6.96. The van der Waals surface area contributed by atoms with Crippen LogP contribution in [0.1, 0.15) is 12.5 Å². The van der Waals surface area contributed by atoms with Crippen molar-refractivity contribution in [2.45, 2.75) is 20.0 Å². The van der Waals surface area contributed by atoms with E-state index in [0.29, 0.717) is 22.3 Å². The lowest BCUT2D eigenvalue weighted by molar-refractivity contribution is -0.122. The number of nitrogens with one attached hydrogen (secondary N) is 1. The molecule has 0 saturated carbocycles. The lowest BCUT2D eigenvalue weighted by Crippen LogP contribution is -2.30. The van der Waals surface area contributed by atoms with Crippen molar-refractivity contribution in [2.24, 2.45) is 0 Å². The Hall–Kier alpha value is -2.27. The minimum Gasteiger partial charge on any atom is -0.481 e. The van der Waals surface area contributed by atoms with Crippen molar-refractivity contribution in [2.75, 3.05) is 11.1 Å². The molecule has 1 heterocycles. The first-order chi connectivity index (χ1) is 9.95. The van der Waals surface area contributed by atoms with Gasteiger partial charge in [0.25, 0.3) is 5.91 Å². The molecule has 0 spiro atoms. The maximum atomic E-state index is 12.1. The van der Waals surface area contributed by atoms with E-state index in [-0.39, 0.29) is 5.91 Å². The molecule has 0 fully saturated rings. The summed E-state index contributed by atoms with van der Waals surface area (Å²) in [7, 11) is 0. The van der Waals surface area contributed by atoms with E-state index in [1.54, 1.807) is 37.3 Å². The molecule has 1 atom stereocenters. The number of aryl methyl sites for hydroxylation is 1. The van der Waals surface area contributed by atoms with Crippen LogP contribution in [0.25, 0.3) is 0 Å². The first-order valence-corrected chi connectivity index (χ1v) is 6.78. The fourth-order valence-corrected chi connectivity index (χ4v) is 1.92. The van der Waals surface area contributed by atoms with Crippen LogP contribution in [0.3, 0.4) is 0 Å². The maximum Gasteiger partial charge on any atom is 0.266 e. The topological polar surface area (TPSA) is 77.2 Å². The highest BCUT2D eigenvalue weighted by atomic mass is 35.5. The van der Waals surface area contributed by atoms with Gasteiger partial charge < -0.3 is 15.8 Å². The molecule has 21 heavy (non-hydrogen) atoms. The highest BCUT2D eigenvalue weighted by molar-refractivity contribution is 6.30. The molecule has 0 aliphatic carbocycles. The number of rotatable bonds is 4. The van der Waals surface area contributed by atoms with E-state index in [1.165, 1.54) is 6.20 Å². The van der Waals surface area contributed by atoms with E-state index >= 15 is 0 Å². The Morgan fingerprint density at radius 1 is 1.43 bits per heavy atom. The molecule has 0 saturated heterocycles. The Bertz CT molecular complexity index is 661. The number of carbonyl (C=O) groups is 1. The minimum atomic E-state index is -0.679. The summed E-state index contributed by atoms with van der Waals surface area (Å²) >= 11 is 5.87. The van der Waals surface area contributed by atoms with Gasteiger partial charge in [-0.1, -0.05) is 17.7 Å². The van der Waals surface area contributed by atoms with Gasteiger partial charge in [0.05, 0.1) is 11.9 Å². The molecule has 0 aliphatic heterocycles. The number of nitrogens with zero attached hydrogens (tertiary/aromatic N) is 1. The van der Waals surface area contributed by atoms with Gasteiger partial charge in [-0.15, -0.1) is 0 Å². The van der Waals surface area contributed by atoms with Crippen molar-refractivity contribution in [1.82, 2.24) is 4.98 Å². The molecular weight excluding hydrogens is 290 g/mol. The molecule has 0 radical (unpaired) electrons. The van der Waals surface area contributed by atoms with E-state index in [4.69, 9.17) is 22.1 Å². The number of hydrogen-bond acceptors (Lipinski definition) is 4. The average Bonchev–Trinajstić information content (AvgIpc) is 2.41. The van der Waals surface area contributed by atoms with E-state index in [9.17, 15) is 4.79 Å². The molecule has 0 aliphatic rings. The molecule has 1 amide bonds. The van der Waals surface area contributed by atoms with Crippen molar-refractivity contribution in [1.29, 1.82) is 0 Å². The van der Waals surface area contributed by atoms with Crippen molar-refractivity contribution in [3.8, 4) is 5.75 Å². The third-order valence-corrected chi connectivity index (χ3v) is 3.05. The van der Waals surface area contributed by atoms with Gasteiger partial charge in [0.15, 0.2) is 6.10 Å². The highest BCUT2D eigenvalue weighted by Crippen LogP contribution is 2.19. The monoisotopic (exact) mass is 305 g/mol. The molecule has 6 heteroatoms. The molecule has 2 aromatic rings. The number of amides is 1. The van der Waals surface area contributed by atoms with Crippen LogP contribution >= 0.6 is 11.6 Å². The number of halogens is 1. The van der Waals surface area contributed by atoms with Crippen molar-refractivity contribution < 1.29 is 9.53 Å². The van der Waals surface area contributed by atoms with E-state index in [2.05, 4.69) is 10.3 Å². The zero-order valence-corrected chi connectivity index (χ0v) is 12.5. The number of anilines is 2. The predicted octanol–water partition coefficient (Wildman–Crippen LogP) is 3.03. The smallest absolute Gasteiger partial charge is 0.266 e. The number of hydrogen-bond donors (Lipinski definition) is 2. The van der Waals surface area contributed by atoms with E-state index in [1.807, 2.05) is 6.92 Å². The number of carbonyl (C=O) groups excluding carboxylic acids is 1. The Morgan fingerprint density at radius 3 is 2.86 bits per heavy atom. The molecule has 110 valence electrons. The Balaban J connectivity index is 2.02. The standard InChI is InChI=1S/C15H16ClN3O2/c1-9-6-12(17)8-18-14(9)19-15(20)10(2)21-13-5-3-4-11(16)7-13/h3-8,10H,17H2,1-2H3,(H,18,19,20). The van der Waals surface area contributed by atoms with Crippen LogP contribution in [0, 0.1) is 6.92 Å². The number of nitrogen functional groups attached to an aromatic ring is 1. The van der Waals surface area contributed by atoms with Gasteiger partial charge in [0.2, 0.25) is 0 Å². The first-order valence-electron chi connectivity index (χ1n) is 6.41. The van der Waals surface area contributed by atoms with E-state index in [0.717, 1.165) is 5.56 Å². The van der Waals surface area contributed by atoms with Crippen LogP contribution in [-0.2, 0) is 4.79 Å². The second kappa shape index (κ2) is 6.45. The van der Waals surface area contributed by atoms with Crippen molar-refractivity contribution in [3.63, 3.8) is 0 Å². The van der Waals surface area contributed by atoms with Crippen LogP contribution in [-0.4, -0.2) is 17.0 Å². The summed E-state index contributed by atoms with van der Waals surface area (Å²) in [5, 5.41) is 3.26. The Kier molecular flexibility index (Phi) is 4.65. The number of benzene rings is 1. The second-order valence-electron chi connectivity index (χ2n) is 4.64. The SMILES string of the molecule is Cc1cc(N)cnc1NC(=O)C(C)Oc1cccc(Cl)c1. The van der Waals surface area contributed by atoms with Crippen LogP contribution in [0.5, 0.6) is 5.75 Å². The number of aromatic nitrogens is 1. The summed E-state index contributed by atoms with van der Waals surface area (Å²) < 4.78 is 5.54. The molecule has 3 N–H and O–H groups in total. The molecule has 1 unspecified atom stereocenters. The Morgan fingerprint density at radius 2 is 2.19 bits per heavy atom. The van der Waals surface area contributed by atoms with Gasteiger partial charge in [-0.3, -0.25) is 4.79 Å². The largest absolute Gasteiger partial charge is 0.481 e. The van der Waals surface area contributed by atoms with Crippen LogP contribution in [0.2, 0.25) is 5.02 Å². The molecular formula is C15H16ClN3O2. The fraction of sp³-hybridized carbons (Fsp3) is 0.200. The highest BCUT2D eigenvalue weighted by Gasteiger charge is 2.16. The lowest BCUT2D eigenvalue weighted by atomic mass is 10.2. The summed E-state index contributed by atoms with van der Waals surface area (Å²) in [6.45, 7) is 3.48. The van der Waals surface area contributed by atoms with Gasteiger partial charge in [0.1, 0.15) is 11.6 Å². The van der Waals surface area contributed by atoms with Gasteiger partial charge in [-0.05, 0) is 43.7 Å². The third-order valence-electron chi connectivity index (χ3n) is 2.82. The number of ether oxygens (including phenoxy) is 1. The van der Waals surface area contributed by atoms with Crippen molar-refractivity contribution >= 4 is 29.0 Å². The predicted molar refractivity (Wildman–Crippen MR) is 83.6 cm³/mol. The summed E-state index contributed by atoms with van der Waals surface area (Å²) in [6, 6.07) is 8.63. The summed E-state index contributed by atoms with van der Waals surface area (Å²) in [5.74, 6) is 0.707. The van der Waals surface area contributed by atoms with Gasteiger partial charge in [-0.2, -0.15) is 0 Å². The quantitative estimate of drug-likeness (QED) is 0.910. The molecule has 1 aromatic carbocycles. The summed E-state index contributed by atoms with van der Waals surface area (Å²) in [6.07, 6.45) is 0.813. The van der Waals surface area contributed by atoms with E-state index < -0.39 is 6.10 Å². The zero-order valence-electron chi connectivity index (χ0n) is 11.8. The number of pyridine rings is 1. The maximum absolute atomic E-state index is 12.1. The van der Waals surface area contributed by atoms with Crippen LogP contribution < -0.4 is 15.8 Å². The molecule has 5 nitrogen and oxygen atoms in total.